The highest BCUT2D eigenvalue weighted by atomic mass is 16.3. The van der Waals surface area contributed by atoms with Crippen LogP contribution in [0.25, 0.3) is 5.76 Å². The standard InChI is InChI=1S/C15H17NO3/c1-8-5-6-10-9(7-8)12(17)11(14(19)16-4)13(18)15(10,2)3/h5-7,17H,1-4H3,(H,16,19). The summed E-state index contributed by atoms with van der Waals surface area (Å²) in [6.07, 6.45) is 0. The molecule has 2 N–H and O–H groups in total. The molecule has 0 atom stereocenters. The van der Waals surface area contributed by atoms with Crippen molar-refractivity contribution in [3.8, 4) is 0 Å². The number of hydrogen-bond acceptors (Lipinski definition) is 3. The first kappa shape index (κ1) is 13.3. The number of rotatable bonds is 1. The molecule has 1 aliphatic carbocycles. The molecule has 0 aromatic heterocycles. The average molecular weight is 259 g/mol. The van der Waals surface area contributed by atoms with Crippen molar-refractivity contribution in [1.29, 1.82) is 0 Å². The number of likely N-dealkylation sites (N-methyl/N-ethyl adjacent to an activating group) is 1. The quantitative estimate of drug-likeness (QED) is 0.757. The predicted molar refractivity (Wildman–Crippen MR) is 72.8 cm³/mol. The molecular formula is C15H17NO3. The Balaban J connectivity index is 2.80. The van der Waals surface area contributed by atoms with E-state index in [1.54, 1.807) is 19.9 Å². The Kier molecular flexibility index (Phi) is 2.97. The van der Waals surface area contributed by atoms with Crippen molar-refractivity contribution in [2.45, 2.75) is 26.2 Å². The number of ketones is 1. The van der Waals surface area contributed by atoms with E-state index >= 15 is 0 Å². The number of fused-ring (bicyclic) bond motifs is 1. The molecular weight excluding hydrogens is 242 g/mol. The maximum absolute atomic E-state index is 12.4. The van der Waals surface area contributed by atoms with Crippen LogP contribution in [0.1, 0.15) is 30.5 Å². The van der Waals surface area contributed by atoms with Crippen LogP contribution >= 0.6 is 0 Å². The van der Waals surface area contributed by atoms with E-state index in [-0.39, 0.29) is 17.1 Å². The summed E-state index contributed by atoms with van der Waals surface area (Å²) in [5.41, 5.74) is 1.28. The zero-order valence-corrected chi connectivity index (χ0v) is 11.5. The monoisotopic (exact) mass is 259 g/mol. The van der Waals surface area contributed by atoms with Gasteiger partial charge in [0.05, 0.1) is 5.41 Å². The highest BCUT2D eigenvalue weighted by Crippen LogP contribution is 2.39. The van der Waals surface area contributed by atoms with Crippen LogP contribution in [0.3, 0.4) is 0 Å². The fourth-order valence-electron chi connectivity index (χ4n) is 2.41. The second-order valence-electron chi connectivity index (χ2n) is 5.31. The number of carbonyl (C=O) groups excluding carboxylic acids is 2. The zero-order chi connectivity index (χ0) is 14.4. The van der Waals surface area contributed by atoms with Gasteiger partial charge < -0.3 is 10.4 Å². The molecule has 0 aliphatic heterocycles. The zero-order valence-electron chi connectivity index (χ0n) is 11.5. The average Bonchev–Trinajstić information content (AvgIpc) is 2.36. The number of aliphatic hydroxyl groups excluding tert-OH is 1. The van der Waals surface area contributed by atoms with Crippen molar-refractivity contribution in [2.75, 3.05) is 7.05 Å². The molecule has 1 aromatic rings. The second-order valence-corrected chi connectivity index (χ2v) is 5.31. The first-order chi connectivity index (χ1) is 8.80. The molecule has 0 bridgehead atoms. The van der Waals surface area contributed by atoms with Crippen LogP contribution in [0.4, 0.5) is 0 Å². The maximum Gasteiger partial charge on any atom is 0.258 e. The van der Waals surface area contributed by atoms with E-state index < -0.39 is 11.3 Å². The van der Waals surface area contributed by atoms with Gasteiger partial charge >= 0.3 is 0 Å². The minimum atomic E-state index is -0.822. The molecule has 19 heavy (non-hydrogen) atoms. The summed E-state index contributed by atoms with van der Waals surface area (Å²) < 4.78 is 0. The first-order valence-corrected chi connectivity index (χ1v) is 6.12. The van der Waals surface area contributed by atoms with Crippen molar-refractivity contribution < 1.29 is 14.7 Å². The third kappa shape index (κ3) is 1.84. The number of aliphatic hydroxyl groups is 1. The van der Waals surface area contributed by atoms with E-state index in [2.05, 4.69) is 5.32 Å². The fourth-order valence-corrected chi connectivity index (χ4v) is 2.41. The Hall–Kier alpha value is -2.10. The summed E-state index contributed by atoms with van der Waals surface area (Å²) in [6, 6.07) is 5.52. The van der Waals surface area contributed by atoms with Gasteiger partial charge in [-0.1, -0.05) is 17.7 Å². The summed E-state index contributed by atoms with van der Waals surface area (Å²) in [4.78, 5) is 24.2. The maximum atomic E-state index is 12.4. The molecule has 0 fully saturated rings. The molecule has 2 rings (SSSR count). The molecule has 100 valence electrons. The van der Waals surface area contributed by atoms with Crippen LogP contribution in [0.2, 0.25) is 0 Å². The lowest BCUT2D eigenvalue weighted by atomic mass is 9.70. The Labute approximate surface area is 112 Å². The van der Waals surface area contributed by atoms with Crippen LogP contribution in [0.5, 0.6) is 0 Å². The predicted octanol–water partition coefficient (Wildman–Crippen LogP) is 1.87. The molecule has 0 unspecified atom stereocenters. The summed E-state index contributed by atoms with van der Waals surface area (Å²) in [5, 5.41) is 12.6. The largest absolute Gasteiger partial charge is 0.506 e. The molecule has 4 heteroatoms. The van der Waals surface area contributed by atoms with Gasteiger partial charge in [0.2, 0.25) is 0 Å². The Morgan fingerprint density at radius 1 is 1.32 bits per heavy atom. The smallest absolute Gasteiger partial charge is 0.258 e. The molecule has 0 spiro atoms. The topological polar surface area (TPSA) is 66.4 Å². The molecule has 0 heterocycles. The first-order valence-electron chi connectivity index (χ1n) is 6.12. The van der Waals surface area contributed by atoms with Crippen LogP contribution < -0.4 is 5.32 Å². The summed E-state index contributed by atoms with van der Waals surface area (Å²) in [6.45, 7) is 5.42. The van der Waals surface area contributed by atoms with Crippen molar-refractivity contribution in [3.63, 3.8) is 0 Å². The molecule has 0 saturated carbocycles. The van der Waals surface area contributed by atoms with Gasteiger partial charge in [0, 0.05) is 12.6 Å². The van der Waals surface area contributed by atoms with E-state index in [0.29, 0.717) is 5.56 Å². The lowest BCUT2D eigenvalue weighted by Crippen LogP contribution is -2.40. The van der Waals surface area contributed by atoms with Crippen LogP contribution in [0, 0.1) is 6.92 Å². The van der Waals surface area contributed by atoms with E-state index in [9.17, 15) is 14.7 Å². The summed E-state index contributed by atoms with van der Waals surface area (Å²) >= 11 is 0. The third-order valence-corrected chi connectivity index (χ3v) is 3.59. The number of amides is 1. The minimum Gasteiger partial charge on any atom is -0.506 e. The Morgan fingerprint density at radius 2 is 1.95 bits per heavy atom. The highest BCUT2D eigenvalue weighted by molar-refractivity contribution is 6.28. The van der Waals surface area contributed by atoms with Gasteiger partial charge in [0.25, 0.3) is 5.91 Å². The number of carbonyl (C=O) groups is 2. The van der Waals surface area contributed by atoms with Crippen LogP contribution in [-0.4, -0.2) is 23.8 Å². The van der Waals surface area contributed by atoms with Crippen LogP contribution in [-0.2, 0) is 15.0 Å². The van der Waals surface area contributed by atoms with Crippen molar-refractivity contribution in [3.05, 3.63) is 40.5 Å². The van der Waals surface area contributed by atoms with Gasteiger partial charge in [0.1, 0.15) is 11.3 Å². The van der Waals surface area contributed by atoms with Crippen LogP contribution in [0.15, 0.2) is 23.8 Å². The Morgan fingerprint density at radius 3 is 2.53 bits per heavy atom. The third-order valence-electron chi connectivity index (χ3n) is 3.59. The lowest BCUT2D eigenvalue weighted by Gasteiger charge is -2.31. The lowest BCUT2D eigenvalue weighted by molar-refractivity contribution is -0.125. The van der Waals surface area contributed by atoms with Gasteiger partial charge in [-0.2, -0.15) is 0 Å². The molecule has 0 radical (unpaired) electrons. The van der Waals surface area contributed by atoms with E-state index in [4.69, 9.17) is 0 Å². The van der Waals surface area contributed by atoms with Gasteiger partial charge in [0.15, 0.2) is 5.78 Å². The number of aryl methyl sites for hydroxylation is 1. The number of hydrogen-bond donors (Lipinski definition) is 2. The van der Waals surface area contributed by atoms with Gasteiger partial charge in [-0.05, 0) is 32.4 Å². The summed E-state index contributed by atoms with van der Waals surface area (Å²) in [5.74, 6) is -1.15. The molecule has 0 saturated heterocycles. The number of benzene rings is 1. The summed E-state index contributed by atoms with van der Waals surface area (Å²) in [7, 11) is 1.44. The van der Waals surface area contributed by atoms with E-state index in [1.165, 1.54) is 7.05 Å². The molecule has 1 aliphatic rings. The fraction of sp³-hybridized carbons (Fsp3) is 0.333. The SMILES string of the molecule is CNC(=O)C1=C(O)c2cc(C)ccc2C(C)(C)C1=O. The minimum absolute atomic E-state index is 0.161. The molecule has 1 amide bonds. The Bertz CT molecular complexity index is 612. The molecule has 1 aromatic carbocycles. The van der Waals surface area contributed by atoms with Crippen molar-refractivity contribution in [1.82, 2.24) is 5.32 Å². The van der Waals surface area contributed by atoms with Gasteiger partial charge in [-0.25, -0.2) is 0 Å². The van der Waals surface area contributed by atoms with E-state index in [0.717, 1.165) is 11.1 Å². The molecule has 4 nitrogen and oxygen atoms in total. The second kappa shape index (κ2) is 4.23. The normalized spacial score (nSPS) is 17.2. The van der Waals surface area contributed by atoms with Crippen molar-refractivity contribution in [2.24, 2.45) is 0 Å². The van der Waals surface area contributed by atoms with Crippen molar-refractivity contribution >= 4 is 17.4 Å². The highest BCUT2D eigenvalue weighted by Gasteiger charge is 2.42. The number of Topliss-reactive ketones (excluding diaryl/α,β-unsaturated/α-hetero) is 1. The van der Waals surface area contributed by atoms with Gasteiger partial charge in [-0.15, -0.1) is 0 Å². The van der Waals surface area contributed by atoms with Gasteiger partial charge in [-0.3, -0.25) is 9.59 Å². The van der Waals surface area contributed by atoms with E-state index in [1.807, 2.05) is 19.1 Å². The number of nitrogens with one attached hydrogen (secondary N) is 1.